The predicted octanol–water partition coefficient (Wildman–Crippen LogP) is 5.41. The molecule has 0 radical (unpaired) electrons. The maximum atomic E-state index is 3.64. The van der Waals surface area contributed by atoms with E-state index in [1.54, 1.807) is 0 Å². The van der Waals surface area contributed by atoms with E-state index in [1.165, 1.54) is 32.1 Å². The van der Waals surface area contributed by atoms with Gasteiger partial charge in [0.1, 0.15) is 0 Å². The molecule has 0 bridgehead atoms. The van der Waals surface area contributed by atoms with Gasteiger partial charge in [0.2, 0.25) is 0 Å². The molecule has 1 fully saturated rings. The molecule has 0 aliphatic heterocycles. The van der Waals surface area contributed by atoms with E-state index in [1.807, 2.05) is 0 Å². The second-order valence-electron chi connectivity index (χ2n) is 5.04. The Labute approximate surface area is 136 Å². The molecule has 3 heteroatoms. The highest BCUT2D eigenvalue weighted by Gasteiger charge is 2.30. The van der Waals surface area contributed by atoms with Crippen LogP contribution in [0, 0.1) is 3.57 Å². The van der Waals surface area contributed by atoms with Crippen molar-refractivity contribution in [2.75, 3.05) is 5.32 Å². The Hall–Kier alpha value is -0.550. The summed E-state index contributed by atoms with van der Waals surface area (Å²) in [6.45, 7) is 0. The van der Waals surface area contributed by atoms with Gasteiger partial charge < -0.3 is 5.32 Å². The van der Waals surface area contributed by atoms with Crippen LogP contribution in [-0.2, 0) is 0 Å². The molecule has 2 aromatic rings. The Morgan fingerprint density at radius 3 is 2.58 bits per heavy atom. The Morgan fingerprint density at radius 2 is 1.84 bits per heavy atom. The van der Waals surface area contributed by atoms with Gasteiger partial charge in [-0.1, -0.05) is 40.2 Å². The van der Waals surface area contributed by atoms with Crippen molar-refractivity contribution < 1.29 is 0 Å². The number of anilines is 1. The third kappa shape index (κ3) is 3.14. The summed E-state index contributed by atoms with van der Waals surface area (Å²) in [6.07, 6.45) is 2.45. The number of benzene rings is 2. The third-order valence-corrected chi connectivity index (χ3v) is 5.13. The van der Waals surface area contributed by atoms with Gasteiger partial charge in [-0.2, -0.15) is 0 Å². The first-order chi connectivity index (χ1) is 9.22. The summed E-state index contributed by atoms with van der Waals surface area (Å²) >= 11 is 5.93. The third-order valence-electron chi connectivity index (χ3n) is 3.69. The summed E-state index contributed by atoms with van der Waals surface area (Å²) < 4.78 is 2.48. The second-order valence-corrected chi connectivity index (χ2v) is 7.12. The quantitative estimate of drug-likeness (QED) is 0.645. The van der Waals surface area contributed by atoms with Crippen molar-refractivity contribution in [3.8, 4) is 0 Å². The van der Waals surface area contributed by atoms with Crippen LogP contribution < -0.4 is 5.32 Å². The van der Waals surface area contributed by atoms with Crippen LogP contribution in [0.1, 0.15) is 24.3 Å². The van der Waals surface area contributed by atoms with Gasteiger partial charge in [0, 0.05) is 19.8 Å². The lowest BCUT2D eigenvalue weighted by Crippen LogP contribution is -2.34. The highest BCUT2D eigenvalue weighted by Crippen LogP contribution is 2.39. The fourth-order valence-electron chi connectivity index (χ4n) is 2.57. The van der Waals surface area contributed by atoms with E-state index in [9.17, 15) is 0 Å². The van der Waals surface area contributed by atoms with Crippen LogP contribution in [0.25, 0.3) is 0 Å². The molecule has 1 N–H and O–H groups in total. The zero-order valence-corrected chi connectivity index (χ0v) is 14.2. The fourth-order valence-corrected chi connectivity index (χ4v) is 3.53. The average Bonchev–Trinajstić information content (AvgIpc) is 2.35. The maximum absolute atomic E-state index is 3.64. The zero-order valence-electron chi connectivity index (χ0n) is 10.4. The lowest BCUT2D eigenvalue weighted by molar-refractivity contribution is 0.374. The Morgan fingerprint density at radius 1 is 1.05 bits per heavy atom. The number of nitrogens with one attached hydrogen (secondary N) is 1. The maximum Gasteiger partial charge on any atom is 0.0478 e. The van der Waals surface area contributed by atoms with Crippen molar-refractivity contribution in [3.05, 3.63) is 62.1 Å². The first kappa shape index (κ1) is 13.4. The summed E-state index contributed by atoms with van der Waals surface area (Å²) in [6, 6.07) is 17.8. The summed E-state index contributed by atoms with van der Waals surface area (Å²) in [5, 5.41) is 3.64. The van der Waals surface area contributed by atoms with Gasteiger partial charge in [-0.3, -0.25) is 0 Å². The number of hydrogen-bond acceptors (Lipinski definition) is 1. The van der Waals surface area contributed by atoms with Crippen LogP contribution in [-0.4, -0.2) is 6.04 Å². The van der Waals surface area contributed by atoms with Crippen LogP contribution >= 0.6 is 38.5 Å². The lowest BCUT2D eigenvalue weighted by atomic mass is 9.76. The molecule has 0 unspecified atom stereocenters. The van der Waals surface area contributed by atoms with Gasteiger partial charge in [0.05, 0.1) is 0 Å². The first-order valence-corrected chi connectivity index (χ1v) is 8.36. The number of hydrogen-bond donors (Lipinski definition) is 1. The van der Waals surface area contributed by atoms with Crippen LogP contribution in [0.5, 0.6) is 0 Å². The number of halogens is 2. The molecule has 0 atom stereocenters. The molecule has 0 aromatic heterocycles. The summed E-state index contributed by atoms with van der Waals surface area (Å²) in [5.41, 5.74) is 2.72. The average molecular weight is 428 g/mol. The van der Waals surface area contributed by atoms with Crippen LogP contribution in [0.3, 0.4) is 0 Å². The van der Waals surface area contributed by atoms with Crippen molar-refractivity contribution >= 4 is 44.2 Å². The topological polar surface area (TPSA) is 12.0 Å². The molecule has 98 valence electrons. The standard InChI is InChI=1S/C16H15BrIN/c17-13-5-3-4-11(8-13)12-9-14(10-12)19-16-7-2-1-6-15(16)18/h1-8,12,14,19H,9-10H2. The second kappa shape index (κ2) is 5.83. The zero-order chi connectivity index (χ0) is 13.2. The molecule has 2 aromatic carbocycles. The van der Waals surface area contributed by atoms with E-state index in [2.05, 4.69) is 92.4 Å². The van der Waals surface area contributed by atoms with Crippen molar-refractivity contribution in [2.45, 2.75) is 24.8 Å². The monoisotopic (exact) mass is 427 g/mol. The van der Waals surface area contributed by atoms with Crippen molar-refractivity contribution in [3.63, 3.8) is 0 Å². The molecule has 1 aliphatic carbocycles. The minimum atomic E-state index is 0.611. The normalized spacial score (nSPS) is 21.8. The van der Waals surface area contributed by atoms with Crippen molar-refractivity contribution in [2.24, 2.45) is 0 Å². The molecular weight excluding hydrogens is 413 g/mol. The fraction of sp³-hybridized carbons (Fsp3) is 0.250. The molecule has 0 amide bonds. The molecular formula is C16H15BrIN. The molecule has 1 aliphatic rings. The van der Waals surface area contributed by atoms with Crippen molar-refractivity contribution in [1.29, 1.82) is 0 Å². The van der Waals surface area contributed by atoms with Gasteiger partial charge >= 0.3 is 0 Å². The van der Waals surface area contributed by atoms with E-state index in [0.717, 1.165) is 0 Å². The summed E-state index contributed by atoms with van der Waals surface area (Å²) in [5.74, 6) is 0.705. The highest BCUT2D eigenvalue weighted by molar-refractivity contribution is 14.1. The van der Waals surface area contributed by atoms with E-state index in [-0.39, 0.29) is 0 Å². The molecule has 1 saturated carbocycles. The van der Waals surface area contributed by atoms with E-state index in [4.69, 9.17) is 0 Å². The molecule has 19 heavy (non-hydrogen) atoms. The van der Waals surface area contributed by atoms with Gasteiger partial charge in [-0.25, -0.2) is 0 Å². The van der Waals surface area contributed by atoms with Gasteiger partial charge in [0.15, 0.2) is 0 Å². The van der Waals surface area contributed by atoms with Crippen LogP contribution in [0.2, 0.25) is 0 Å². The van der Waals surface area contributed by atoms with Crippen LogP contribution in [0.4, 0.5) is 5.69 Å². The summed E-state index contributed by atoms with van der Waals surface area (Å²) in [4.78, 5) is 0. The smallest absolute Gasteiger partial charge is 0.0478 e. The van der Waals surface area contributed by atoms with E-state index in [0.29, 0.717) is 12.0 Å². The minimum absolute atomic E-state index is 0.611. The van der Waals surface area contributed by atoms with E-state index >= 15 is 0 Å². The van der Waals surface area contributed by atoms with Gasteiger partial charge in [-0.05, 0) is 71.2 Å². The Balaban J connectivity index is 1.60. The van der Waals surface area contributed by atoms with Gasteiger partial charge in [-0.15, -0.1) is 0 Å². The summed E-state index contributed by atoms with van der Waals surface area (Å²) in [7, 11) is 0. The SMILES string of the molecule is Brc1cccc(C2CC(Nc3ccccc3I)C2)c1. The molecule has 0 heterocycles. The molecule has 1 nitrogen and oxygen atoms in total. The largest absolute Gasteiger partial charge is 0.381 e. The molecule has 3 rings (SSSR count). The van der Waals surface area contributed by atoms with Gasteiger partial charge in [0.25, 0.3) is 0 Å². The Kier molecular flexibility index (Phi) is 4.12. The van der Waals surface area contributed by atoms with Crippen LogP contribution in [0.15, 0.2) is 53.0 Å². The highest BCUT2D eigenvalue weighted by atomic mass is 127. The minimum Gasteiger partial charge on any atom is -0.381 e. The number of para-hydroxylation sites is 1. The van der Waals surface area contributed by atoms with Crippen molar-refractivity contribution in [1.82, 2.24) is 0 Å². The van der Waals surface area contributed by atoms with E-state index < -0.39 is 0 Å². The Bertz CT molecular complexity index is 578. The molecule has 0 saturated heterocycles. The lowest BCUT2D eigenvalue weighted by Gasteiger charge is -2.37. The molecule has 0 spiro atoms. The number of rotatable bonds is 3. The predicted molar refractivity (Wildman–Crippen MR) is 92.7 cm³/mol. The first-order valence-electron chi connectivity index (χ1n) is 6.49.